The number of nitro groups is 1. The van der Waals surface area contributed by atoms with Gasteiger partial charge in [0, 0.05) is 18.1 Å². The van der Waals surface area contributed by atoms with Gasteiger partial charge in [-0.2, -0.15) is 0 Å². The first-order valence-electron chi connectivity index (χ1n) is 4.20. The zero-order valence-electron chi connectivity index (χ0n) is 7.90. The number of rotatable bonds is 4. The van der Waals surface area contributed by atoms with E-state index >= 15 is 0 Å². The van der Waals surface area contributed by atoms with Gasteiger partial charge in [0.2, 0.25) is 0 Å². The quantitative estimate of drug-likeness (QED) is 0.582. The summed E-state index contributed by atoms with van der Waals surface area (Å²) < 4.78 is 0. The van der Waals surface area contributed by atoms with Gasteiger partial charge in [-0.3, -0.25) is 10.1 Å². The van der Waals surface area contributed by atoms with Crippen LogP contribution in [0, 0.1) is 17.0 Å². The molecule has 76 valence electrons. The van der Waals surface area contributed by atoms with E-state index in [-0.39, 0.29) is 12.3 Å². The van der Waals surface area contributed by atoms with E-state index < -0.39 is 4.92 Å². The van der Waals surface area contributed by atoms with Gasteiger partial charge in [-0.25, -0.2) is 5.90 Å². The molecule has 0 aliphatic rings. The van der Waals surface area contributed by atoms with Gasteiger partial charge in [0.15, 0.2) is 0 Å². The summed E-state index contributed by atoms with van der Waals surface area (Å²) >= 11 is 0. The Balaban J connectivity index is 2.97. The third kappa shape index (κ3) is 2.51. The Morgan fingerprint density at radius 1 is 1.57 bits per heavy atom. The van der Waals surface area contributed by atoms with E-state index in [9.17, 15) is 10.1 Å². The first-order valence-corrected chi connectivity index (χ1v) is 4.20. The fraction of sp³-hybridized carbons (Fsp3) is 0.333. The minimum absolute atomic E-state index is 0.118. The number of nitrogens with zero attached hydrogens (tertiary/aromatic N) is 1. The van der Waals surface area contributed by atoms with Crippen molar-refractivity contribution in [3.8, 4) is 0 Å². The molecule has 0 aliphatic heterocycles. The molecule has 14 heavy (non-hydrogen) atoms. The Bertz CT molecular complexity index is 339. The van der Waals surface area contributed by atoms with E-state index in [0.717, 1.165) is 5.56 Å². The van der Waals surface area contributed by atoms with Crippen molar-refractivity contribution in [3.63, 3.8) is 0 Å². The molecule has 0 spiro atoms. The molecule has 5 heteroatoms. The van der Waals surface area contributed by atoms with Crippen LogP contribution < -0.4 is 5.90 Å². The maximum Gasteiger partial charge on any atom is 0.272 e. The number of nitrogens with two attached hydrogens (primary N) is 1. The molecule has 0 bridgehead atoms. The second-order valence-electron chi connectivity index (χ2n) is 3.01. The van der Waals surface area contributed by atoms with E-state index in [1.54, 1.807) is 12.1 Å². The molecule has 0 amide bonds. The Morgan fingerprint density at radius 2 is 2.29 bits per heavy atom. The maximum atomic E-state index is 10.6. The maximum absolute atomic E-state index is 10.6. The summed E-state index contributed by atoms with van der Waals surface area (Å²) in [6, 6.07) is 4.99. The number of hydrogen-bond donors (Lipinski definition) is 1. The lowest BCUT2D eigenvalue weighted by atomic mass is 10.1. The third-order valence-corrected chi connectivity index (χ3v) is 1.92. The summed E-state index contributed by atoms with van der Waals surface area (Å²) in [6.07, 6.45) is 0.453. The Morgan fingerprint density at radius 3 is 2.86 bits per heavy atom. The molecule has 0 heterocycles. The zero-order valence-corrected chi connectivity index (χ0v) is 7.90. The minimum atomic E-state index is -0.398. The van der Waals surface area contributed by atoms with E-state index in [0.29, 0.717) is 12.0 Å². The van der Waals surface area contributed by atoms with E-state index in [1.807, 2.05) is 6.92 Å². The van der Waals surface area contributed by atoms with Crippen LogP contribution >= 0.6 is 0 Å². The van der Waals surface area contributed by atoms with Crippen LogP contribution in [0.1, 0.15) is 11.1 Å². The molecular weight excluding hydrogens is 184 g/mol. The van der Waals surface area contributed by atoms with Crippen LogP contribution in [-0.4, -0.2) is 11.5 Å². The molecule has 2 N–H and O–H groups in total. The summed E-state index contributed by atoms with van der Waals surface area (Å²) in [5.41, 5.74) is 1.76. The van der Waals surface area contributed by atoms with Gasteiger partial charge in [0.25, 0.3) is 5.69 Å². The first-order chi connectivity index (χ1) is 6.65. The number of aryl methyl sites for hydroxylation is 1. The molecule has 0 saturated heterocycles. The minimum Gasteiger partial charge on any atom is -0.304 e. The highest BCUT2D eigenvalue weighted by molar-refractivity contribution is 5.42. The van der Waals surface area contributed by atoms with Crippen molar-refractivity contribution in [2.75, 3.05) is 6.61 Å². The highest BCUT2D eigenvalue weighted by Gasteiger charge is 2.12. The van der Waals surface area contributed by atoms with E-state index in [4.69, 9.17) is 5.90 Å². The molecule has 1 aromatic carbocycles. The standard InChI is InChI=1S/C9H12N2O3/c1-7-2-3-9(11(12)13)8(6-7)4-5-14-10/h2-3,6H,4-5,10H2,1H3. The van der Waals surface area contributed by atoms with E-state index in [2.05, 4.69) is 4.84 Å². The molecule has 0 atom stereocenters. The zero-order chi connectivity index (χ0) is 10.6. The summed E-state index contributed by atoms with van der Waals surface area (Å²) in [4.78, 5) is 14.6. The first kappa shape index (κ1) is 10.6. The average Bonchev–Trinajstić information content (AvgIpc) is 2.14. The topological polar surface area (TPSA) is 78.4 Å². The smallest absolute Gasteiger partial charge is 0.272 e. The summed E-state index contributed by atoms with van der Waals surface area (Å²) in [5.74, 6) is 4.87. The number of hydrogen-bond acceptors (Lipinski definition) is 4. The van der Waals surface area contributed by atoms with Gasteiger partial charge in [-0.05, 0) is 13.0 Å². The SMILES string of the molecule is Cc1ccc([N+](=O)[O-])c(CCON)c1. The normalized spacial score (nSPS) is 10.1. The predicted molar refractivity (Wildman–Crippen MR) is 51.7 cm³/mol. The van der Waals surface area contributed by atoms with E-state index in [1.165, 1.54) is 6.07 Å². The predicted octanol–water partition coefficient (Wildman–Crippen LogP) is 1.34. The molecular formula is C9H12N2O3. The lowest BCUT2D eigenvalue weighted by Crippen LogP contribution is -2.05. The molecule has 1 aromatic rings. The summed E-state index contributed by atoms with van der Waals surface area (Å²) in [6.45, 7) is 2.17. The average molecular weight is 196 g/mol. The van der Waals surface area contributed by atoms with Crippen molar-refractivity contribution in [1.29, 1.82) is 0 Å². The third-order valence-electron chi connectivity index (χ3n) is 1.92. The highest BCUT2D eigenvalue weighted by atomic mass is 16.6. The van der Waals surface area contributed by atoms with Gasteiger partial charge < -0.3 is 4.84 Å². The Labute approximate surface area is 81.6 Å². The van der Waals surface area contributed by atoms with Gasteiger partial charge >= 0.3 is 0 Å². The molecule has 0 radical (unpaired) electrons. The fourth-order valence-electron chi connectivity index (χ4n) is 1.26. The molecule has 5 nitrogen and oxygen atoms in total. The van der Waals surface area contributed by atoms with Crippen LogP contribution in [0.2, 0.25) is 0 Å². The Hall–Kier alpha value is -1.46. The van der Waals surface area contributed by atoms with Gasteiger partial charge in [0.1, 0.15) is 0 Å². The summed E-state index contributed by atoms with van der Waals surface area (Å²) in [5, 5.41) is 10.6. The monoisotopic (exact) mass is 196 g/mol. The second kappa shape index (κ2) is 4.69. The van der Waals surface area contributed by atoms with Gasteiger partial charge in [-0.1, -0.05) is 11.6 Å². The number of benzene rings is 1. The van der Waals surface area contributed by atoms with Crippen molar-refractivity contribution < 1.29 is 9.76 Å². The second-order valence-corrected chi connectivity index (χ2v) is 3.01. The van der Waals surface area contributed by atoms with Crippen LogP contribution in [0.5, 0.6) is 0 Å². The molecule has 0 aromatic heterocycles. The van der Waals surface area contributed by atoms with Crippen molar-refractivity contribution in [2.45, 2.75) is 13.3 Å². The van der Waals surface area contributed by atoms with Crippen molar-refractivity contribution in [1.82, 2.24) is 0 Å². The molecule has 0 saturated carbocycles. The number of nitro benzene ring substituents is 1. The van der Waals surface area contributed by atoms with Crippen molar-refractivity contribution in [3.05, 3.63) is 39.4 Å². The largest absolute Gasteiger partial charge is 0.304 e. The van der Waals surface area contributed by atoms with Crippen LogP contribution in [0.4, 0.5) is 5.69 Å². The van der Waals surface area contributed by atoms with Crippen LogP contribution in [0.25, 0.3) is 0 Å². The molecule has 0 fully saturated rings. The summed E-state index contributed by atoms with van der Waals surface area (Å²) in [7, 11) is 0. The van der Waals surface area contributed by atoms with Crippen LogP contribution in [0.15, 0.2) is 18.2 Å². The molecule has 1 rings (SSSR count). The lowest BCUT2D eigenvalue weighted by Gasteiger charge is -2.02. The highest BCUT2D eigenvalue weighted by Crippen LogP contribution is 2.20. The van der Waals surface area contributed by atoms with Gasteiger partial charge in [0.05, 0.1) is 11.5 Å². The molecule has 0 aliphatic carbocycles. The van der Waals surface area contributed by atoms with Crippen molar-refractivity contribution in [2.24, 2.45) is 5.90 Å². The van der Waals surface area contributed by atoms with Crippen LogP contribution in [-0.2, 0) is 11.3 Å². The molecule has 0 unspecified atom stereocenters. The van der Waals surface area contributed by atoms with Crippen molar-refractivity contribution >= 4 is 5.69 Å². The van der Waals surface area contributed by atoms with Gasteiger partial charge in [-0.15, -0.1) is 0 Å². The van der Waals surface area contributed by atoms with Crippen LogP contribution in [0.3, 0.4) is 0 Å². The fourth-order valence-corrected chi connectivity index (χ4v) is 1.26. The Kier molecular flexibility index (Phi) is 3.55. The lowest BCUT2D eigenvalue weighted by molar-refractivity contribution is -0.385.